The lowest BCUT2D eigenvalue weighted by atomic mass is 9.91. The van der Waals surface area contributed by atoms with E-state index in [0.29, 0.717) is 13.2 Å². The summed E-state index contributed by atoms with van der Waals surface area (Å²) in [5, 5.41) is 0. The Morgan fingerprint density at radius 2 is 2.39 bits per heavy atom. The van der Waals surface area contributed by atoms with Gasteiger partial charge in [-0.15, -0.1) is 11.8 Å². The molecule has 3 aliphatic rings. The van der Waals surface area contributed by atoms with Crippen LogP contribution >= 0.6 is 11.8 Å². The van der Waals surface area contributed by atoms with Crippen LogP contribution in [0.2, 0.25) is 0 Å². The quantitative estimate of drug-likeness (QED) is 0.840. The maximum atomic E-state index is 13.6. The Balaban J connectivity index is 1.31. The second-order valence-corrected chi connectivity index (χ2v) is 7.97. The Labute approximate surface area is 138 Å². The summed E-state index contributed by atoms with van der Waals surface area (Å²) in [4.78, 5) is 18.2. The lowest BCUT2D eigenvalue weighted by Crippen LogP contribution is -2.62. The number of amides is 1. The third kappa shape index (κ3) is 2.92. The Bertz CT molecular complexity index is 603. The van der Waals surface area contributed by atoms with Crippen molar-refractivity contribution in [3.63, 3.8) is 0 Å². The van der Waals surface area contributed by atoms with Gasteiger partial charge in [0.15, 0.2) is 5.82 Å². The lowest BCUT2D eigenvalue weighted by molar-refractivity contribution is -0.141. The van der Waals surface area contributed by atoms with E-state index in [1.165, 1.54) is 12.3 Å². The fourth-order valence-corrected chi connectivity index (χ4v) is 5.03. The molecule has 124 valence electrons. The maximum absolute atomic E-state index is 13.6. The monoisotopic (exact) mass is 338 g/mol. The van der Waals surface area contributed by atoms with Crippen molar-refractivity contribution in [3.8, 4) is 5.88 Å². The van der Waals surface area contributed by atoms with E-state index in [2.05, 4.69) is 4.98 Å². The fraction of sp³-hybridized carbons (Fsp3) is 0.625. The minimum atomic E-state index is -0.426. The lowest BCUT2D eigenvalue weighted by Gasteiger charge is -2.48. The van der Waals surface area contributed by atoms with Gasteiger partial charge in [-0.1, -0.05) is 0 Å². The molecule has 0 radical (unpaired) electrons. The van der Waals surface area contributed by atoms with Gasteiger partial charge in [-0.05, 0) is 18.6 Å². The molecule has 0 aromatic carbocycles. The van der Waals surface area contributed by atoms with Gasteiger partial charge in [0.1, 0.15) is 6.10 Å². The largest absolute Gasteiger partial charge is 0.471 e. The van der Waals surface area contributed by atoms with E-state index in [0.717, 1.165) is 31.7 Å². The van der Waals surface area contributed by atoms with Gasteiger partial charge in [-0.3, -0.25) is 4.79 Å². The SMILES string of the molecule is O=C([C@H]1CCOC1)N1CC2(C[C@H](Oc3ncccc3F)CS2)C1. The highest BCUT2D eigenvalue weighted by molar-refractivity contribution is 8.01. The van der Waals surface area contributed by atoms with Gasteiger partial charge in [-0.2, -0.15) is 0 Å². The molecule has 1 spiro atoms. The van der Waals surface area contributed by atoms with Crippen LogP contribution in [0.15, 0.2) is 18.3 Å². The highest BCUT2D eigenvalue weighted by Gasteiger charge is 2.52. The molecule has 1 aromatic heterocycles. The van der Waals surface area contributed by atoms with Gasteiger partial charge in [0, 0.05) is 38.1 Å². The molecule has 3 saturated heterocycles. The van der Waals surface area contributed by atoms with Crippen LogP contribution in [-0.2, 0) is 9.53 Å². The summed E-state index contributed by atoms with van der Waals surface area (Å²) in [5.74, 6) is 0.711. The molecule has 1 aromatic rings. The Morgan fingerprint density at radius 3 is 3.13 bits per heavy atom. The fourth-order valence-electron chi connectivity index (χ4n) is 3.51. The molecule has 5 nitrogen and oxygen atoms in total. The van der Waals surface area contributed by atoms with E-state index in [1.54, 1.807) is 6.07 Å². The van der Waals surface area contributed by atoms with Crippen molar-refractivity contribution in [2.24, 2.45) is 5.92 Å². The molecule has 4 rings (SSSR count). The van der Waals surface area contributed by atoms with Gasteiger partial charge in [-0.25, -0.2) is 9.37 Å². The predicted octanol–water partition coefficient (Wildman–Crippen LogP) is 1.72. The molecule has 0 aliphatic carbocycles. The summed E-state index contributed by atoms with van der Waals surface area (Å²) >= 11 is 1.83. The van der Waals surface area contributed by atoms with Crippen LogP contribution in [0.4, 0.5) is 4.39 Å². The van der Waals surface area contributed by atoms with Gasteiger partial charge in [0.25, 0.3) is 5.88 Å². The van der Waals surface area contributed by atoms with E-state index in [1.807, 2.05) is 16.7 Å². The number of carbonyl (C=O) groups excluding carboxylic acids is 1. The first-order valence-electron chi connectivity index (χ1n) is 7.93. The molecule has 0 N–H and O–H groups in total. The van der Waals surface area contributed by atoms with Crippen molar-refractivity contribution in [3.05, 3.63) is 24.1 Å². The summed E-state index contributed by atoms with van der Waals surface area (Å²) < 4.78 is 24.7. The summed E-state index contributed by atoms with van der Waals surface area (Å²) in [7, 11) is 0. The number of halogens is 1. The van der Waals surface area contributed by atoms with Gasteiger partial charge < -0.3 is 14.4 Å². The number of ether oxygens (including phenoxy) is 2. The van der Waals surface area contributed by atoms with Gasteiger partial charge in [0.2, 0.25) is 5.91 Å². The maximum Gasteiger partial charge on any atom is 0.250 e. The van der Waals surface area contributed by atoms with Crippen molar-refractivity contribution >= 4 is 17.7 Å². The number of aromatic nitrogens is 1. The van der Waals surface area contributed by atoms with E-state index in [9.17, 15) is 9.18 Å². The highest BCUT2D eigenvalue weighted by atomic mass is 32.2. The molecule has 4 heterocycles. The second kappa shape index (κ2) is 5.94. The number of pyridine rings is 1. The zero-order valence-corrected chi connectivity index (χ0v) is 13.6. The van der Waals surface area contributed by atoms with E-state index in [4.69, 9.17) is 9.47 Å². The van der Waals surface area contributed by atoms with Crippen molar-refractivity contribution in [1.82, 2.24) is 9.88 Å². The molecule has 3 fully saturated rings. The van der Waals surface area contributed by atoms with Crippen LogP contribution in [0.5, 0.6) is 5.88 Å². The molecule has 7 heteroatoms. The van der Waals surface area contributed by atoms with E-state index < -0.39 is 5.82 Å². The number of carbonyl (C=O) groups is 1. The number of hydrogen-bond donors (Lipinski definition) is 0. The summed E-state index contributed by atoms with van der Waals surface area (Å²) in [6.07, 6.45) is 3.15. The van der Waals surface area contributed by atoms with Crippen molar-refractivity contribution < 1.29 is 18.7 Å². The summed E-state index contributed by atoms with van der Waals surface area (Å²) in [6, 6.07) is 2.91. The number of thioether (sulfide) groups is 1. The molecule has 0 saturated carbocycles. The van der Waals surface area contributed by atoms with Crippen molar-refractivity contribution in [1.29, 1.82) is 0 Å². The van der Waals surface area contributed by atoms with Crippen molar-refractivity contribution in [2.75, 3.05) is 32.1 Å². The van der Waals surface area contributed by atoms with Crippen LogP contribution in [-0.4, -0.2) is 58.7 Å². The zero-order chi connectivity index (χ0) is 15.9. The average Bonchev–Trinajstić information content (AvgIpc) is 3.17. The Hall–Kier alpha value is -1.34. The third-order valence-corrected chi connectivity index (χ3v) is 6.30. The third-order valence-electron chi connectivity index (χ3n) is 4.73. The van der Waals surface area contributed by atoms with Gasteiger partial charge in [0.05, 0.1) is 17.3 Å². The molecule has 0 bridgehead atoms. The number of likely N-dealkylation sites (tertiary alicyclic amines) is 1. The molecular weight excluding hydrogens is 319 g/mol. The molecule has 1 amide bonds. The van der Waals surface area contributed by atoms with Crippen LogP contribution in [0, 0.1) is 11.7 Å². The van der Waals surface area contributed by atoms with Crippen molar-refractivity contribution in [2.45, 2.75) is 23.7 Å². The first-order valence-corrected chi connectivity index (χ1v) is 8.91. The smallest absolute Gasteiger partial charge is 0.250 e. The normalized spacial score (nSPS) is 28.8. The van der Waals surface area contributed by atoms with Crippen LogP contribution in [0.25, 0.3) is 0 Å². The summed E-state index contributed by atoms with van der Waals surface area (Å²) in [6.45, 7) is 2.77. The standard InChI is InChI=1S/C16H19FN2O3S/c17-13-2-1-4-18-14(13)22-12-6-16(23-8-12)9-19(10-16)15(20)11-3-5-21-7-11/h1-2,4,11-12H,3,5-10H2/t11-,12-/m0/s1. The molecule has 23 heavy (non-hydrogen) atoms. The molecule has 2 atom stereocenters. The zero-order valence-electron chi connectivity index (χ0n) is 12.7. The van der Waals surface area contributed by atoms with Gasteiger partial charge >= 0.3 is 0 Å². The number of hydrogen-bond acceptors (Lipinski definition) is 5. The first-order chi connectivity index (χ1) is 11.2. The van der Waals surface area contributed by atoms with Crippen LogP contribution in [0.3, 0.4) is 0 Å². The minimum absolute atomic E-state index is 0.0356. The summed E-state index contributed by atoms with van der Waals surface area (Å²) in [5.41, 5.74) is 0. The Kier molecular flexibility index (Phi) is 3.93. The highest BCUT2D eigenvalue weighted by Crippen LogP contribution is 2.46. The van der Waals surface area contributed by atoms with Crippen LogP contribution < -0.4 is 4.74 Å². The van der Waals surface area contributed by atoms with Crippen LogP contribution in [0.1, 0.15) is 12.8 Å². The predicted molar refractivity (Wildman–Crippen MR) is 83.9 cm³/mol. The van der Waals surface area contributed by atoms with E-state index in [-0.39, 0.29) is 28.6 Å². The minimum Gasteiger partial charge on any atom is -0.471 e. The van der Waals surface area contributed by atoms with E-state index >= 15 is 0 Å². The molecular formula is C16H19FN2O3S. The average molecular weight is 338 g/mol. The topological polar surface area (TPSA) is 51.7 Å². The number of nitrogens with zero attached hydrogens (tertiary/aromatic N) is 2. The molecule has 3 aliphatic heterocycles. The second-order valence-electron chi connectivity index (χ2n) is 6.48. The number of rotatable bonds is 3. The first kappa shape index (κ1) is 15.2. The molecule has 0 unspecified atom stereocenters. The Morgan fingerprint density at radius 1 is 1.52 bits per heavy atom.